The Bertz CT molecular complexity index is 791. The van der Waals surface area contributed by atoms with Crippen LogP contribution in [0.15, 0.2) is 24.3 Å². The van der Waals surface area contributed by atoms with Crippen LogP contribution in [0.3, 0.4) is 0 Å². The predicted molar refractivity (Wildman–Crippen MR) is 116 cm³/mol. The van der Waals surface area contributed by atoms with E-state index in [4.69, 9.17) is 4.74 Å². The molecule has 4 atom stereocenters. The number of likely N-dealkylation sites (tertiary alicyclic amines) is 1. The minimum atomic E-state index is -0.488. The highest BCUT2D eigenvalue weighted by Gasteiger charge is 2.42. The van der Waals surface area contributed by atoms with Crippen LogP contribution in [0.1, 0.15) is 64.9 Å². The molecule has 1 saturated heterocycles. The van der Waals surface area contributed by atoms with Crippen molar-refractivity contribution in [2.45, 2.75) is 65.3 Å². The largest absolute Gasteiger partial charge is 0.455 e. The molecule has 2 fully saturated rings. The zero-order valence-electron chi connectivity index (χ0n) is 18.5. The molecule has 0 radical (unpaired) electrons. The van der Waals surface area contributed by atoms with E-state index in [1.807, 2.05) is 29.2 Å². The SMILES string of the molecule is CC(C)c1ccccc1NC(=O)COC(=O)[C@@H]1CC(=O)N([C@@H]2CCC[C@H](C)[C@H]2C)C1. The maximum absolute atomic E-state index is 12.6. The molecule has 1 aliphatic carbocycles. The lowest BCUT2D eigenvalue weighted by molar-refractivity contribution is -0.151. The van der Waals surface area contributed by atoms with Crippen molar-refractivity contribution in [3.8, 4) is 0 Å². The van der Waals surface area contributed by atoms with Gasteiger partial charge in [-0.15, -0.1) is 0 Å². The second-order valence-corrected chi connectivity index (χ2v) is 9.18. The first-order valence-electron chi connectivity index (χ1n) is 11.1. The van der Waals surface area contributed by atoms with Gasteiger partial charge in [-0.25, -0.2) is 0 Å². The maximum atomic E-state index is 12.6. The van der Waals surface area contributed by atoms with Crippen LogP contribution in [-0.4, -0.2) is 41.9 Å². The minimum Gasteiger partial charge on any atom is -0.455 e. The number of hydrogen-bond acceptors (Lipinski definition) is 4. The number of nitrogens with zero attached hydrogens (tertiary/aromatic N) is 1. The van der Waals surface area contributed by atoms with Crippen LogP contribution in [0.4, 0.5) is 5.69 Å². The fourth-order valence-electron chi connectivity index (χ4n) is 4.76. The minimum absolute atomic E-state index is 0.0261. The fraction of sp³-hybridized carbons (Fsp3) is 0.625. The molecule has 1 saturated carbocycles. The second kappa shape index (κ2) is 9.63. The van der Waals surface area contributed by atoms with Crippen molar-refractivity contribution in [3.05, 3.63) is 29.8 Å². The predicted octanol–water partition coefficient (Wildman–Crippen LogP) is 3.96. The van der Waals surface area contributed by atoms with Crippen molar-refractivity contribution in [3.63, 3.8) is 0 Å². The summed E-state index contributed by atoms with van der Waals surface area (Å²) in [5.41, 5.74) is 1.77. The van der Waals surface area contributed by atoms with Crippen LogP contribution in [0, 0.1) is 17.8 Å². The molecule has 164 valence electrons. The lowest BCUT2D eigenvalue weighted by Crippen LogP contribution is -2.45. The maximum Gasteiger partial charge on any atom is 0.311 e. The summed E-state index contributed by atoms with van der Waals surface area (Å²) in [4.78, 5) is 39.3. The number of nitrogens with one attached hydrogen (secondary N) is 1. The third-order valence-electron chi connectivity index (χ3n) is 6.76. The van der Waals surface area contributed by atoms with Crippen LogP contribution in [-0.2, 0) is 19.1 Å². The highest BCUT2D eigenvalue weighted by Crippen LogP contribution is 2.36. The number of rotatable bonds is 6. The van der Waals surface area contributed by atoms with Crippen molar-refractivity contribution in [2.24, 2.45) is 17.8 Å². The average Bonchev–Trinajstić information content (AvgIpc) is 3.10. The standard InChI is InChI=1S/C24H34N2O4/c1-15(2)19-9-5-6-10-20(19)25-22(27)14-30-24(29)18-12-23(28)26(13-18)21-11-7-8-16(3)17(21)4/h5-6,9-10,15-18,21H,7-8,11-14H2,1-4H3,(H,25,27)/t16-,17+,18+,21+/m0/s1. The van der Waals surface area contributed by atoms with Crippen LogP contribution >= 0.6 is 0 Å². The number of ether oxygens (including phenoxy) is 1. The summed E-state index contributed by atoms with van der Waals surface area (Å²) >= 11 is 0. The van der Waals surface area contributed by atoms with E-state index in [9.17, 15) is 14.4 Å². The Labute approximate surface area is 179 Å². The molecule has 2 amide bonds. The molecule has 1 heterocycles. The summed E-state index contributed by atoms with van der Waals surface area (Å²) < 4.78 is 5.26. The van der Waals surface area contributed by atoms with Crippen molar-refractivity contribution < 1.29 is 19.1 Å². The Hall–Kier alpha value is -2.37. The zero-order valence-corrected chi connectivity index (χ0v) is 18.5. The molecular weight excluding hydrogens is 380 g/mol. The normalized spacial score (nSPS) is 26.7. The number of amides is 2. The molecule has 0 aromatic heterocycles. The smallest absolute Gasteiger partial charge is 0.311 e. The summed E-state index contributed by atoms with van der Waals surface area (Å²) in [7, 11) is 0. The average molecular weight is 415 g/mol. The Morgan fingerprint density at radius 2 is 1.93 bits per heavy atom. The number of carbonyl (C=O) groups is 3. The van der Waals surface area contributed by atoms with E-state index >= 15 is 0 Å². The van der Waals surface area contributed by atoms with Crippen LogP contribution in [0.25, 0.3) is 0 Å². The summed E-state index contributed by atoms with van der Waals surface area (Å²) in [6.45, 7) is 8.61. The van der Waals surface area contributed by atoms with E-state index in [1.54, 1.807) is 0 Å². The van der Waals surface area contributed by atoms with Gasteiger partial charge >= 0.3 is 5.97 Å². The van der Waals surface area contributed by atoms with Crippen LogP contribution < -0.4 is 5.32 Å². The topological polar surface area (TPSA) is 75.7 Å². The van der Waals surface area contributed by atoms with Crippen molar-refractivity contribution in [1.82, 2.24) is 4.90 Å². The van der Waals surface area contributed by atoms with Gasteiger partial charge < -0.3 is 15.0 Å². The molecule has 6 heteroatoms. The number of para-hydroxylation sites is 1. The zero-order chi connectivity index (χ0) is 21.8. The van der Waals surface area contributed by atoms with E-state index in [0.29, 0.717) is 18.4 Å². The van der Waals surface area contributed by atoms with Crippen molar-refractivity contribution in [1.29, 1.82) is 0 Å². The van der Waals surface area contributed by atoms with Gasteiger partial charge in [0.1, 0.15) is 0 Å². The second-order valence-electron chi connectivity index (χ2n) is 9.18. The molecule has 3 rings (SSSR count). The lowest BCUT2D eigenvalue weighted by atomic mass is 9.77. The number of benzene rings is 1. The van der Waals surface area contributed by atoms with Gasteiger partial charge in [0, 0.05) is 24.7 Å². The number of hydrogen-bond donors (Lipinski definition) is 1. The first-order valence-corrected chi connectivity index (χ1v) is 11.1. The van der Waals surface area contributed by atoms with Crippen LogP contribution in [0.5, 0.6) is 0 Å². The number of carbonyl (C=O) groups excluding carboxylic acids is 3. The van der Waals surface area contributed by atoms with E-state index in [0.717, 1.165) is 24.1 Å². The molecular formula is C24H34N2O4. The summed E-state index contributed by atoms with van der Waals surface area (Å²) in [5, 5.41) is 2.82. The van der Waals surface area contributed by atoms with Gasteiger partial charge in [0.2, 0.25) is 5.91 Å². The molecule has 0 unspecified atom stereocenters. The molecule has 1 N–H and O–H groups in total. The Kier molecular flexibility index (Phi) is 7.16. The van der Waals surface area contributed by atoms with Crippen molar-refractivity contribution in [2.75, 3.05) is 18.5 Å². The Morgan fingerprint density at radius 1 is 1.20 bits per heavy atom. The van der Waals surface area contributed by atoms with E-state index in [1.165, 1.54) is 6.42 Å². The van der Waals surface area contributed by atoms with Gasteiger partial charge in [-0.3, -0.25) is 14.4 Å². The molecule has 2 aliphatic rings. The van der Waals surface area contributed by atoms with Gasteiger partial charge in [-0.2, -0.15) is 0 Å². The molecule has 1 aliphatic heterocycles. The third-order valence-corrected chi connectivity index (χ3v) is 6.76. The van der Waals surface area contributed by atoms with E-state index in [-0.39, 0.29) is 36.8 Å². The quantitative estimate of drug-likeness (QED) is 0.715. The number of anilines is 1. The Balaban J connectivity index is 1.52. The first-order chi connectivity index (χ1) is 14.3. The van der Waals surface area contributed by atoms with Gasteiger partial charge in [0.25, 0.3) is 5.91 Å². The van der Waals surface area contributed by atoms with E-state index < -0.39 is 11.9 Å². The van der Waals surface area contributed by atoms with Crippen LogP contribution in [0.2, 0.25) is 0 Å². The summed E-state index contributed by atoms with van der Waals surface area (Å²) in [6, 6.07) is 7.81. The van der Waals surface area contributed by atoms with Gasteiger partial charge in [0.15, 0.2) is 6.61 Å². The van der Waals surface area contributed by atoms with Gasteiger partial charge in [0.05, 0.1) is 5.92 Å². The molecule has 0 spiro atoms. The summed E-state index contributed by atoms with van der Waals surface area (Å²) in [6.07, 6.45) is 3.48. The Morgan fingerprint density at radius 3 is 2.67 bits per heavy atom. The fourth-order valence-corrected chi connectivity index (χ4v) is 4.76. The van der Waals surface area contributed by atoms with Crippen molar-refractivity contribution >= 4 is 23.5 Å². The lowest BCUT2D eigenvalue weighted by Gasteiger charge is -2.39. The first kappa shape index (κ1) is 22.3. The highest BCUT2D eigenvalue weighted by molar-refractivity contribution is 5.94. The summed E-state index contributed by atoms with van der Waals surface area (Å²) in [5.74, 6) is -0.00780. The number of esters is 1. The molecule has 30 heavy (non-hydrogen) atoms. The molecule has 1 aromatic carbocycles. The molecule has 0 bridgehead atoms. The highest BCUT2D eigenvalue weighted by atomic mass is 16.5. The van der Waals surface area contributed by atoms with E-state index in [2.05, 4.69) is 33.0 Å². The molecule has 1 aromatic rings. The third kappa shape index (κ3) is 5.02. The van der Waals surface area contributed by atoms with Gasteiger partial charge in [-0.05, 0) is 35.8 Å². The van der Waals surface area contributed by atoms with Gasteiger partial charge in [-0.1, -0.05) is 58.7 Å². The monoisotopic (exact) mass is 414 g/mol. The molecule has 6 nitrogen and oxygen atoms in total.